The molecule has 0 spiro atoms. The van der Waals surface area contributed by atoms with Crippen molar-refractivity contribution in [3.8, 4) is 0 Å². The summed E-state index contributed by atoms with van der Waals surface area (Å²) in [7, 11) is 1.37. The number of hydrogen-bond acceptors (Lipinski definition) is 4. The molecule has 0 amide bonds. The molecule has 88 valence electrons. The third kappa shape index (κ3) is 1.73. The van der Waals surface area contributed by atoms with Crippen LogP contribution in [0.2, 0.25) is 0 Å². The maximum absolute atomic E-state index is 11.4. The molecule has 3 atom stereocenters. The molecule has 1 saturated carbocycles. The van der Waals surface area contributed by atoms with Crippen LogP contribution in [0, 0.1) is 11.8 Å². The Morgan fingerprint density at radius 2 is 2.24 bits per heavy atom. The highest BCUT2D eigenvalue weighted by molar-refractivity contribution is 5.87. The molecule has 0 N–H and O–H groups in total. The molecule has 0 aliphatic heterocycles. The lowest BCUT2D eigenvalue weighted by atomic mass is 9.90. The van der Waals surface area contributed by atoms with E-state index in [-0.39, 0.29) is 0 Å². The minimum atomic E-state index is -0.396. The Kier molecular flexibility index (Phi) is 2.42. The van der Waals surface area contributed by atoms with E-state index in [1.54, 1.807) is 6.07 Å². The monoisotopic (exact) mass is 230 g/mol. The van der Waals surface area contributed by atoms with Crippen LogP contribution >= 0.6 is 0 Å². The summed E-state index contributed by atoms with van der Waals surface area (Å²) in [6.07, 6.45) is 8.39. The summed E-state index contributed by atoms with van der Waals surface area (Å²) in [5.41, 5.74) is 1.32. The zero-order chi connectivity index (χ0) is 11.8. The van der Waals surface area contributed by atoms with E-state index in [1.165, 1.54) is 19.9 Å². The normalized spacial score (nSPS) is 29.6. The van der Waals surface area contributed by atoms with Crippen LogP contribution in [0.1, 0.15) is 34.9 Å². The number of carbonyl (C=O) groups is 1. The highest BCUT2D eigenvalue weighted by Crippen LogP contribution is 2.48. The summed E-state index contributed by atoms with van der Waals surface area (Å²) in [5.74, 6) is 1.32. The van der Waals surface area contributed by atoms with Gasteiger partial charge in [0.25, 0.3) is 0 Å². The Balaban J connectivity index is 1.89. The van der Waals surface area contributed by atoms with Gasteiger partial charge in [-0.1, -0.05) is 12.2 Å². The van der Waals surface area contributed by atoms with Gasteiger partial charge in [-0.15, -0.1) is 0 Å². The summed E-state index contributed by atoms with van der Waals surface area (Å²) < 4.78 is 4.67. The fourth-order valence-corrected chi connectivity index (χ4v) is 2.91. The van der Waals surface area contributed by atoms with Crippen LogP contribution in [0.25, 0.3) is 0 Å². The van der Waals surface area contributed by atoms with Crippen LogP contribution < -0.4 is 0 Å². The molecule has 3 rings (SSSR count). The third-order valence-electron chi connectivity index (χ3n) is 3.74. The predicted molar refractivity (Wildman–Crippen MR) is 61.5 cm³/mol. The van der Waals surface area contributed by atoms with Gasteiger partial charge in [-0.3, -0.25) is 0 Å². The Labute approximate surface area is 99.7 Å². The van der Waals surface area contributed by atoms with E-state index < -0.39 is 5.97 Å². The Hall–Kier alpha value is -1.71. The van der Waals surface area contributed by atoms with Crippen LogP contribution in [-0.4, -0.2) is 23.0 Å². The van der Waals surface area contributed by atoms with Gasteiger partial charge in [0.05, 0.1) is 7.11 Å². The largest absolute Gasteiger partial charge is 0.464 e. The average Bonchev–Trinajstić information content (AvgIpc) is 3.00. The first kappa shape index (κ1) is 10.4. The van der Waals surface area contributed by atoms with Gasteiger partial charge in [0.15, 0.2) is 5.69 Å². The van der Waals surface area contributed by atoms with Crippen molar-refractivity contribution in [2.75, 3.05) is 7.11 Å². The average molecular weight is 230 g/mol. The zero-order valence-corrected chi connectivity index (χ0v) is 9.67. The Morgan fingerprint density at radius 1 is 1.35 bits per heavy atom. The van der Waals surface area contributed by atoms with Crippen molar-refractivity contribution >= 4 is 5.97 Å². The fourth-order valence-electron chi connectivity index (χ4n) is 2.91. The number of carbonyl (C=O) groups excluding carboxylic acids is 1. The molecule has 2 aliphatic carbocycles. The number of nitrogens with zero attached hydrogens (tertiary/aromatic N) is 2. The number of allylic oxidation sites excluding steroid dienone is 2. The Bertz CT molecular complexity index is 484. The number of hydrogen-bond donors (Lipinski definition) is 0. The van der Waals surface area contributed by atoms with Crippen molar-refractivity contribution in [3.63, 3.8) is 0 Å². The van der Waals surface area contributed by atoms with Crippen molar-refractivity contribution in [2.45, 2.75) is 18.8 Å². The SMILES string of the molecule is COC(=O)c1cc([C@H]2C[C@H]3C=C[C@H]2C3)ncn1. The van der Waals surface area contributed by atoms with Crippen LogP contribution in [0.15, 0.2) is 24.5 Å². The summed E-state index contributed by atoms with van der Waals surface area (Å²) in [4.78, 5) is 19.7. The lowest BCUT2D eigenvalue weighted by Crippen LogP contribution is -2.11. The second-order valence-corrected chi connectivity index (χ2v) is 4.71. The van der Waals surface area contributed by atoms with Gasteiger partial charge in [0.1, 0.15) is 6.33 Å². The van der Waals surface area contributed by atoms with E-state index >= 15 is 0 Å². The van der Waals surface area contributed by atoms with Gasteiger partial charge in [-0.25, -0.2) is 14.8 Å². The molecule has 0 saturated heterocycles. The van der Waals surface area contributed by atoms with Gasteiger partial charge in [-0.2, -0.15) is 0 Å². The Morgan fingerprint density at radius 3 is 2.88 bits per heavy atom. The van der Waals surface area contributed by atoms with Crippen molar-refractivity contribution in [1.82, 2.24) is 9.97 Å². The lowest BCUT2D eigenvalue weighted by molar-refractivity contribution is 0.0593. The standard InChI is InChI=1S/C13H14N2O2/c1-17-13(16)12-6-11(14-7-15-12)10-5-8-2-3-9(10)4-8/h2-3,6-10H,4-5H2,1H3/t8-,9-,10-/m0/s1. The molecule has 4 heteroatoms. The summed E-state index contributed by atoms with van der Waals surface area (Å²) >= 11 is 0. The van der Waals surface area contributed by atoms with Crippen molar-refractivity contribution in [1.29, 1.82) is 0 Å². The lowest BCUT2D eigenvalue weighted by Gasteiger charge is -2.17. The summed E-state index contributed by atoms with van der Waals surface area (Å²) in [5, 5.41) is 0. The van der Waals surface area contributed by atoms with Gasteiger partial charge < -0.3 is 4.74 Å². The molecule has 0 radical (unpaired) electrons. The number of rotatable bonds is 2. The molecule has 1 aromatic heterocycles. The predicted octanol–water partition coefficient (Wildman–Crippen LogP) is 1.94. The molecular weight excluding hydrogens is 216 g/mol. The van der Waals surface area contributed by atoms with Gasteiger partial charge >= 0.3 is 5.97 Å². The van der Waals surface area contributed by atoms with Gasteiger partial charge in [0.2, 0.25) is 0 Å². The first-order chi connectivity index (χ1) is 8.28. The smallest absolute Gasteiger partial charge is 0.356 e. The number of methoxy groups -OCH3 is 1. The summed E-state index contributed by atoms with van der Waals surface area (Å²) in [6, 6.07) is 1.77. The minimum absolute atomic E-state index is 0.351. The first-order valence-corrected chi connectivity index (χ1v) is 5.86. The topological polar surface area (TPSA) is 52.1 Å². The molecule has 2 aliphatic rings. The minimum Gasteiger partial charge on any atom is -0.464 e. The van der Waals surface area contributed by atoms with Crippen LogP contribution in [0.5, 0.6) is 0 Å². The maximum Gasteiger partial charge on any atom is 0.356 e. The van der Waals surface area contributed by atoms with E-state index in [0.29, 0.717) is 23.4 Å². The summed E-state index contributed by atoms with van der Waals surface area (Å²) in [6.45, 7) is 0. The number of aromatic nitrogens is 2. The van der Waals surface area contributed by atoms with E-state index in [1.807, 2.05) is 0 Å². The quantitative estimate of drug-likeness (QED) is 0.575. The number of fused-ring (bicyclic) bond motifs is 2. The number of esters is 1. The molecule has 4 nitrogen and oxygen atoms in total. The van der Waals surface area contributed by atoms with Crippen LogP contribution in [0.3, 0.4) is 0 Å². The van der Waals surface area contributed by atoms with E-state index in [0.717, 1.165) is 12.1 Å². The molecule has 17 heavy (non-hydrogen) atoms. The van der Waals surface area contributed by atoms with E-state index in [4.69, 9.17) is 0 Å². The van der Waals surface area contributed by atoms with Crippen molar-refractivity contribution in [2.24, 2.45) is 11.8 Å². The molecule has 2 bridgehead atoms. The zero-order valence-electron chi connectivity index (χ0n) is 9.67. The highest BCUT2D eigenvalue weighted by Gasteiger charge is 2.37. The van der Waals surface area contributed by atoms with Crippen LogP contribution in [-0.2, 0) is 4.74 Å². The second kappa shape index (κ2) is 3.95. The highest BCUT2D eigenvalue weighted by atomic mass is 16.5. The van der Waals surface area contributed by atoms with Gasteiger partial charge in [-0.05, 0) is 30.7 Å². The van der Waals surface area contributed by atoms with Gasteiger partial charge in [0, 0.05) is 11.6 Å². The molecule has 1 fully saturated rings. The van der Waals surface area contributed by atoms with Crippen molar-refractivity contribution in [3.05, 3.63) is 35.9 Å². The van der Waals surface area contributed by atoms with E-state index in [2.05, 4.69) is 26.9 Å². The molecule has 0 unspecified atom stereocenters. The first-order valence-electron chi connectivity index (χ1n) is 5.86. The van der Waals surface area contributed by atoms with E-state index in [9.17, 15) is 4.79 Å². The van der Waals surface area contributed by atoms with Crippen molar-refractivity contribution < 1.29 is 9.53 Å². The third-order valence-corrected chi connectivity index (χ3v) is 3.74. The molecular formula is C13H14N2O2. The fraction of sp³-hybridized carbons (Fsp3) is 0.462. The molecule has 1 heterocycles. The second-order valence-electron chi connectivity index (χ2n) is 4.71. The number of ether oxygens (including phenoxy) is 1. The maximum atomic E-state index is 11.4. The molecule has 1 aromatic rings. The van der Waals surface area contributed by atoms with Crippen LogP contribution in [0.4, 0.5) is 0 Å². The molecule has 0 aromatic carbocycles.